The summed E-state index contributed by atoms with van der Waals surface area (Å²) >= 11 is 3.02. The number of carbonyl (C=O) groups is 2. The lowest BCUT2D eigenvalue weighted by Crippen LogP contribution is -2.37. The lowest BCUT2D eigenvalue weighted by atomic mass is 9.68. The topological polar surface area (TPSA) is 50.3 Å². The second kappa shape index (κ2) is 6.65. The van der Waals surface area contributed by atoms with E-state index in [0.29, 0.717) is 11.1 Å². The number of anilines is 3. The van der Waals surface area contributed by atoms with E-state index in [9.17, 15) is 9.59 Å². The molecule has 3 aromatic heterocycles. The summed E-state index contributed by atoms with van der Waals surface area (Å²) in [5, 5.41) is 4.65. The Balaban J connectivity index is 1.47. The molecule has 172 valence electrons. The van der Waals surface area contributed by atoms with Crippen LogP contribution < -0.4 is 4.90 Å². The van der Waals surface area contributed by atoms with Crippen molar-refractivity contribution in [1.82, 2.24) is 4.98 Å². The first-order valence-electron chi connectivity index (χ1n) is 11.6. The predicted octanol–water partition coefficient (Wildman–Crippen LogP) is 7.42. The third kappa shape index (κ3) is 2.53. The van der Waals surface area contributed by atoms with E-state index >= 15 is 0 Å². The molecule has 2 aliphatic heterocycles. The summed E-state index contributed by atoms with van der Waals surface area (Å²) in [6.07, 6.45) is 3.64. The van der Waals surface area contributed by atoms with E-state index in [1.54, 1.807) is 28.2 Å². The largest absolute Gasteiger partial charge is 0.288 e. The van der Waals surface area contributed by atoms with E-state index in [4.69, 9.17) is 4.98 Å². The van der Waals surface area contributed by atoms with Gasteiger partial charge in [0.2, 0.25) is 0 Å². The summed E-state index contributed by atoms with van der Waals surface area (Å²) in [4.78, 5) is 33.9. The normalized spacial score (nSPS) is 18.2. The van der Waals surface area contributed by atoms with Crippen molar-refractivity contribution in [2.45, 2.75) is 38.5 Å². The Kier molecular flexibility index (Phi) is 3.99. The Morgan fingerprint density at radius 3 is 2.17 bits per heavy atom. The molecule has 3 aliphatic rings. The monoisotopic (exact) mass is 494 g/mol. The molecule has 0 radical (unpaired) electrons. The number of benzene rings is 1. The average Bonchev–Trinajstić information content (AvgIpc) is 3.54. The quantitative estimate of drug-likeness (QED) is 0.204. The van der Waals surface area contributed by atoms with E-state index in [-0.39, 0.29) is 28.0 Å². The van der Waals surface area contributed by atoms with Gasteiger partial charge in [-0.25, -0.2) is 4.98 Å². The Morgan fingerprint density at radius 1 is 0.857 bits per heavy atom. The highest BCUT2D eigenvalue weighted by molar-refractivity contribution is 7.17. The Bertz CT molecular complexity index is 1620. The van der Waals surface area contributed by atoms with Crippen molar-refractivity contribution in [2.24, 2.45) is 0 Å². The summed E-state index contributed by atoms with van der Waals surface area (Å²) in [5.74, 6) is 0.605. The van der Waals surface area contributed by atoms with Gasteiger partial charge in [0, 0.05) is 49.4 Å². The zero-order valence-corrected chi connectivity index (χ0v) is 21.4. The number of Topliss-reactive ketones (excluding diaryl/α,β-unsaturated/α-hetero) is 2. The lowest BCUT2D eigenvalue weighted by molar-refractivity contribution is 0.0990. The SMILES string of the molecule is CC1(C)c2cccnc2N2c3sc(C=C4C(=O)c5cscc5C4=O)cc3C(C)(C)c3cccc1c32. The molecule has 0 saturated heterocycles. The first kappa shape index (κ1) is 21.0. The maximum atomic E-state index is 12.9. The van der Waals surface area contributed by atoms with Crippen LogP contribution in [-0.4, -0.2) is 16.6 Å². The molecule has 0 amide bonds. The van der Waals surface area contributed by atoms with E-state index in [1.807, 2.05) is 12.3 Å². The van der Waals surface area contributed by atoms with Crippen molar-refractivity contribution in [3.63, 3.8) is 0 Å². The Labute approximate surface area is 211 Å². The van der Waals surface area contributed by atoms with Gasteiger partial charge in [-0.2, -0.15) is 11.3 Å². The van der Waals surface area contributed by atoms with Crippen molar-refractivity contribution in [1.29, 1.82) is 0 Å². The zero-order valence-electron chi connectivity index (χ0n) is 19.8. The molecular weight excluding hydrogens is 472 g/mol. The highest BCUT2D eigenvalue weighted by Gasteiger charge is 2.47. The van der Waals surface area contributed by atoms with E-state index in [2.05, 4.69) is 62.9 Å². The number of hydrogen-bond acceptors (Lipinski definition) is 6. The maximum Gasteiger partial charge on any atom is 0.198 e. The predicted molar refractivity (Wildman–Crippen MR) is 142 cm³/mol. The molecule has 0 N–H and O–H groups in total. The summed E-state index contributed by atoms with van der Waals surface area (Å²) in [7, 11) is 0. The zero-order chi connectivity index (χ0) is 24.3. The highest BCUT2D eigenvalue weighted by Crippen LogP contribution is 2.61. The van der Waals surface area contributed by atoms with Gasteiger partial charge in [-0.15, -0.1) is 11.3 Å². The average molecular weight is 495 g/mol. The maximum absolute atomic E-state index is 12.9. The Morgan fingerprint density at radius 2 is 1.49 bits per heavy atom. The van der Waals surface area contributed by atoms with Crippen LogP contribution in [0.2, 0.25) is 0 Å². The standard InChI is InChI=1S/C29H22N2O2S2/c1-28(2)19-7-5-8-20-23(19)31(26-21(28)9-6-10-30-26)27-22(29(20,3)4)12-15(35-27)11-16-24(32)17-13-34-14-18(17)25(16)33/h5-14H,1-4H3. The van der Waals surface area contributed by atoms with Crippen molar-refractivity contribution in [3.8, 4) is 0 Å². The molecule has 6 heteroatoms. The fraction of sp³-hybridized carbons (Fsp3) is 0.207. The molecule has 4 aromatic rings. The summed E-state index contributed by atoms with van der Waals surface area (Å²) in [6.45, 7) is 9.05. The van der Waals surface area contributed by atoms with Crippen LogP contribution in [0.25, 0.3) is 6.08 Å². The molecular formula is C29H22N2O2S2. The van der Waals surface area contributed by atoms with E-state index < -0.39 is 0 Å². The fourth-order valence-corrected chi connectivity index (χ4v) is 7.93. The first-order valence-corrected chi connectivity index (χ1v) is 13.4. The van der Waals surface area contributed by atoms with E-state index in [0.717, 1.165) is 15.7 Å². The molecule has 7 rings (SSSR count). The molecule has 0 unspecified atom stereocenters. The third-order valence-corrected chi connectivity index (χ3v) is 9.62. The van der Waals surface area contributed by atoms with Gasteiger partial charge in [0.25, 0.3) is 0 Å². The molecule has 4 nitrogen and oxygen atoms in total. The second-order valence-electron chi connectivity index (χ2n) is 10.4. The van der Waals surface area contributed by atoms with Gasteiger partial charge in [0.15, 0.2) is 11.6 Å². The number of pyridine rings is 1. The number of thiophene rings is 2. The molecule has 0 fully saturated rings. The van der Waals surface area contributed by atoms with Crippen LogP contribution in [0.4, 0.5) is 16.5 Å². The second-order valence-corrected chi connectivity index (χ2v) is 12.3. The van der Waals surface area contributed by atoms with Crippen LogP contribution in [0.5, 0.6) is 0 Å². The van der Waals surface area contributed by atoms with Gasteiger partial charge in [0.05, 0.1) is 11.3 Å². The van der Waals surface area contributed by atoms with Crippen LogP contribution in [-0.2, 0) is 10.8 Å². The molecule has 35 heavy (non-hydrogen) atoms. The van der Waals surface area contributed by atoms with Crippen molar-refractivity contribution >= 4 is 56.8 Å². The number of fused-ring (bicyclic) bond motifs is 5. The van der Waals surface area contributed by atoms with Crippen molar-refractivity contribution in [2.75, 3.05) is 4.90 Å². The number of carbonyl (C=O) groups excluding carboxylic acids is 2. The van der Waals surface area contributed by atoms with Gasteiger partial charge in [0.1, 0.15) is 10.8 Å². The van der Waals surface area contributed by atoms with Gasteiger partial charge in [-0.05, 0) is 34.9 Å². The summed E-state index contributed by atoms with van der Waals surface area (Å²) in [6, 6.07) is 12.9. The Hall–Kier alpha value is -3.35. The van der Waals surface area contributed by atoms with Gasteiger partial charge >= 0.3 is 0 Å². The summed E-state index contributed by atoms with van der Waals surface area (Å²) < 4.78 is 0. The summed E-state index contributed by atoms with van der Waals surface area (Å²) in [5.41, 5.74) is 7.02. The first-order chi connectivity index (χ1) is 16.7. The van der Waals surface area contributed by atoms with E-state index in [1.165, 1.54) is 39.3 Å². The fourth-order valence-electron chi connectivity index (χ4n) is 5.85. The third-order valence-electron chi connectivity index (χ3n) is 7.81. The molecule has 5 heterocycles. The van der Waals surface area contributed by atoms with Crippen LogP contribution >= 0.6 is 22.7 Å². The number of allylic oxidation sites excluding steroid dienone is 1. The smallest absolute Gasteiger partial charge is 0.198 e. The van der Waals surface area contributed by atoms with Crippen molar-refractivity contribution in [3.05, 3.63) is 97.2 Å². The minimum atomic E-state index is -0.241. The minimum absolute atomic E-state index is 0.172. The number of para-hydroxylation sites is 1. The van der Waals surface area contributed by atoms with Gasteiger partial charge in [-0.1, -0.05) is 52.0 Å². The number of rotatable bonds is 1. The number of hydrogen-bond donors (Lipinski definition) is 0. The van der Waals surface area contributed by atoms with Crippen LogP contribution in [0, 0.1) is 0 Å². The van der Waals surface area contributed by atoms with Crippen LogP contribution in [0.3, 0.4) is 0 Å². The van der Waals surface area contributed by atoms with Crippen LogP contribution in [0.15, 0.2) is 58.9 Å². The molecule has 1 aliphatic carbocycles. The van der Waals surface area contributed by atoms with Gasteiger partial charge in [-0.3, -0.25) is 14.5 Å². The number of ketones is 2. The molecule has 0 spiro atoms. The minimum Gasteiger partial charge on any atom is -0.288 e. The number of nitrogens with zero attached hydrogens (tertiary/aromatic N) is 2. The molecule has 0 saturated carbocycles. The molecule has 1 aromatic carbocycles. The lowest BCUT2D eigenvalue weighted by Gasteiger charge is -2.47. The highest BCUT2D eigenvalue weighted by atomic mass is 32.1. The molecule has 0 atom stereocenters. The van der Waals surface area contributed by atoms with Crippen molar-refractivity contribution < 1.29 is 9.59 Å². The van der Waals surface area contributed by atoms with Gasteiger partial charge < -0.3 is 0 Å². The number of aromatic nitrogens is 1. The van der Waals surface area contributed by atoms with Crippen LogP contribution in [0.1, 0.15) is 75.5 Å². The molecule has 0 bridgehead atoms.